The zero-order valence-corrected chi connectivity index (χ0v) is 14.1. The van der Waals surface area contributed by atoms with Gasteiger partial charge in [-0.25, -0.2) is 8.42 Å². The first kappa shape index (κ1) is 18.0. The minimum absolute atomic E-state index is 0.197. The second-order valence-corrected chi connectivity index (χ2v) is 7.54. The average molecular weight is 313 g/mol. The van der Waals surface area contributed by atoms with E-state index in [9.17, 15) is 8.42 Å². The van der Waals surface area contributed by atoms with Crippen LogP contribution in [0.3, 0.4) is 0 Å². The van der Waals surface area contributed by atoms with Crippen LogP contribution in [-0.4, -0.2) is 33.6 Å². The highest BCUT2D eigenvalue weighted by atomic mass is 32.2. The minimum atomic E-state index is -2.88. The molecule has 0 spiro atoms. The number of hydrogen-bond acceptors (Lipinski definition) is 4. The first-order valence-electron chi connectivity index (χ1n) is 7.60. The molecule has 4 nitrogen and oxygen atoms in total. The molecule has 0 aromatic heterocycles. The molecule has 0 radical (unpaired) electrons. The summed E-state index contributed by atoms with van der Waals surface area (Å²) in [5, 5.41) is 3.49. The minimum Gasteiger partial charge on any atom is -0.494 e. The van der Waals surface area contributed by atoms with Gasteiger partial charge in [-0.3, -0.25) is 0 Å². The Balaban J connectivity index is 2.66. The Morgan fingerprint density at radius 1 is 1.19 bits per heavy atom. The molecule has 5 heteroatoms. The van der Waals surface area contributed by atoms with E-state index >= 15 is 0 Å². The summed E-state index contributed by atoms with van der Waals surface area (Å²) in [6.45, 7) is 5.67. The molecular formula is C16H27NO3S. The molecule has 0 aliphatic rings. The molecule has 0 aliphatic heterocycles. The summed E-state index contributed by atoms with van der Waals surface area (Å²) in [4.78, 5) is 0. The first-order valence-corrected chi connectivity index (χ1v) is 9.66. The molecule has 0 aliphatic carbocycles. The highest BCUT2D eigenvalue weighted by Crippen LogP contribution is 2.22. The Morgan fingerprint density at radius 3 is 2.38 bits per heavy atom. The van der Waals surface area contributed by atoms with Gasteiger partial charge in [-0.2, -0.15) is 0 Å². The fourth-order valence-corrected chi connectivity index (χ4v) is 2.91. The lowest BCUT2D eigenvalue weighted by Gasteiger charge is -2.19. The number of nitrogens with one attached hydrogen (secondary N) is 1. The van der Waals surface area contributed by atoms with Crippen LogP contribution in [0.2, 0.25) is 0 Å². The zero-order valence-electron chi connectivity index (χ0n) is 13.3. The smallest absolute Gasteiger partial charge is 0.147 e. The van der Waals surface area contributed by atoms with Crippen LogP contribution in [0.15, 0.2) is 24.3 Å². The summed E-state index contributed by atoms with van der Waals surface area (Å²) >= 11 is 0. The van der Waals surface area contributed by atoms with Crippen molar-refractivity contribution < 1.29 is 13.2 Å². The van der Waals surface area contributed by atoms with E-state index in [0.29, 0.717) is 13.0 Å². The van der Waals surface area contributed by atoms with Crippen molar-refractivity contribution in [2.45, 2.75) is 39.2 Å². The highest BCUT2D eigenvalue weighted by Gasteiger charge is 2.12. The molecule has 120 valence electrons. The van der Waals surface area contributed by atoms with Gasteiger partial charge in [-0.1, -0.05) is 19.1 Å². The van der Waals surface area contributed by atoms with Crippen molar-refractivity contribution in [3.05, 3.63) is 29.8 Å². The average Bonchev–Trinajstić information content (AvgIpc) is 2.43. The second-order valence-electron chi connectivity index (χ2n) is 5.28. The van der Waals surface area contributed by atoms with Crippen molar-refractivity contribution in [3.63, 3.8) is 0 Å². The zero-order chi connectivity index (χ0) is 15.7. The van der Waals surface area contributed by atoms with Crippen LogP contribution < -0.4 is 10.1 Å². The number of sulfone groups is 1. The largest absolute Gasteiger partial charge is 0.494 e. The Bertz CT molecular complexity index is 497. The number of hydrogen-bond donors (Lipinski definition) is 1. The fraction of sp³-hybridized carbons (Fsp3) is 0.625. The van der Waals surface area contributed by atoms with Gasteiger partial charge in [0.2, 0.25) is 0 Å². The molecule has 1 aromatic rings. The van der Waals surface area contributed by atoms with Gasteiger partial charge >= 0.3 is 0 Å². The van der Waals surface area contributed by atoms with Gasteiger partial charge in [0.15, 0.2) is 0 Å². The van der Waals surface area contributed by atoms with E-state index in [0.717, 1.165) is 25.1 Å². The molecule has 0 saturated carbocycles. The second kappa shape index (κ2) is 9.05. The Morgan fingerprint density at radius 2 is 1.86 bits per heavy atom. The predicted octanol–water partition coefficient (Wildman–Crippen LogP) is 2.95. The lowest BCUT2D eigenvalue weighted by atomic mass is 10.0. The van der Waals surface area contributed by atoms with Crippen LogP contribution in [-0.2, 0) is 9.84 Å². The van der Waals surface area contributed by atoms with E-state index < -0.39 is 9.84 Å². The van der Waals surface area contributed by atoms with E-state index in [1.54, 1.807) is 0 Å². The standard InChI is InChI=1S/C16H27NO3S/c1-4-12-17-16(7-6-13-21(3,18)19)14-8-10-15(11-9-14)20-5-2/h8-11,16-17H,4-7,12-13H2,1-3H3. The molecule has 1 aromatic carbocycles. The molecule has 21 heavy (non-hydrogen) atoms. The molecule has 1 unspecified atom stereocenters. The van der Waals surface area contributed by atoms with Gasteiger partial charge in [0.25, 0.3) is 0 Å². The highest BCUT2D eigenvalue weighted by molar-refractivity contribution is 7.90. The molecule has 0 amide bonds. The third kappa shape index (κ3) is 7.48. The lowest BCUT2D eigenvalue weighted by Crippen LogP contribution is -2.22. The van der Waals surface area contributed by atoms with Crippen LogP contribution in [0.4, 0.5) is 0 Å². The summed E-state index contributed by atoms with van der Waals surface area (Å²) in [6, 6.07) is 8.24. The quantitative estimate of drug-likeness (QED) is 0.721. The molecule has 1 N–H and O–H groups in total. The predicted molar refractivity (Wildman–Crippen MR) is 87.6 cm³/mol. The monoisotopic (exact) mass is 313 g/mol. The molecule has 1 atom stereocenters. The van der Waals surface area contributed by atoms with Gasteiger partial charge in [0, 0.05) is 18.1 Å². The third-order valence-corrected chi connectivity index (χ3v) is 4.27. The summed E-state index contributed by atoms with van der Waals surface area (Å²) in [5.74, 6) is 1.11. The van der Waals surface area contributed by atoms with E-state index in [4.69, 9.17) is 4.74 Å². The third-order valence-electron chi connectivity index (χ3n) is 3.24. The van der Waals surface area contributed by atoms with E-state index in [1.807, 2.05) is 19.1 Å². The van der Waals surface area contributed by atoms with Gasteiger partial charge in [0.1, 0.15) is 15.6 Å². The van der Waals surface area contributed by atoms with Gasteiger partial charge < -0.3 is 10.1 Å². The molecule has 0 saturated heterocycles. The molecule has 0 fully saturated rings. The summed E-state index contributed by atoms with van der Waals surface area (Å²) in [5.41, 5.74) is 1.18. The van der Waals surface area contributed by atoms with Crippen molar-refractivity contribution in [1.82, 2.24) is 5.32 Å². The number of ether oxygens (including phenoxy) is 1. The SMILES string of the molecule is CCCNC(CCCS(C)(=O)=O)c1ccc(OCC)cc1. The maximum absolute atomic E-state index is 11.2. The van der Waals surface area contributed by atoms with Gasteiger partial charge in [-0.05, 0) is 50.4 Å². The van der Waals surface area contributed by atoms with Crippen molar-refractivity contribution in [3.8, 4) is 5.75 Å². The summed E-state index contributed by atoms with van der Waals surface area (Å²) < 4.78 is 27.9. The fourth-order valence-electron chi connectivity index (χ4n) is 2.22. The van der Waals surface area contributed by atoms with Crippen LogP contribution in [0.1, 0.15) is 44.7 Å². The van der Waals surface area contributed by atoms with Crippen molar-refractivity contribution in [2.75, 3.05) is 25.2 Å². The maximum Gasteiger partial charge on any atom is 0.147 e. The first-order chi connectivity index (χ1) is 9.96. The van der Waals surface area contributed by atoms with Crippen LogP contribution in [0, 0.1) is 0 Å². The van der Waals surface area contributed by atoms with Crippen LogP contribution >= 0.6 is 0 Å². The summed E-state index contributed by atoms with van der Waals surface area (Å²) in [6.07, 6.45) is 3.84. The molecular weight excluding hydrogens is 286 g/mol. The number of benzene rings is 1. The van der Waals surface area contributed by atoms with Crippen molar-refractivity contribution >= 4 is 9.84 Å². The maximum atomic E-state index is 11.2. The van der Waals surface area contributed by atoms with Gasteiger partial charge in [-0.15, -0.1) is 0 Å². The van der Waals surface area contributed by atoms with E-state index in [2.05, 4.69) is 24.4 Å². The van der Waals surface area contributed by atoms with Crippen LogP contribution in [0.5, 0.6) is 5.75 Å². The summed E-state index contributed by atoms with van der Waals surface area (Å²) in [7, 11) is -2.88. The lowest BCUT2D eigenvalue weighted by molar-refractivity contribution is 0.340. The Hall–Kier alpha value is -1.07. The van der Waals surface area contributed by atoms with Crippen molar-refractivity contribution in [2.24, 2.45) is 0 Å². The normalized spacial score (nSPS) is 13.1. The molecule has 1 rings (SSSR count). The van der Waals surface area contributed by atoms with Crippen molar-refractivity contribution in [1.29, 1.82) is 0 Å². The van der Waals surface area contributed by atoms with E-state index in [-0.39, 0.29) is 11.8 Å². The van der Waals surface area contributed by atoms with Crippen LogP contribution in [0.25, 0.3) is 0 Å². The molecule has 0 bridgehead atoms. The topological polar surface area (TPSA) is 55.4 Å². The Kier molecular flexibility index (Phi) is 7.75. The number of rotatable bonds is 10. The van der Waals surface area contributed by atoms with E-state index in [1.165, 1.54) is 11.8 Å². The Labute approximate surface area is 128 Å². The molecule has 0 heterocycles. The van der Waals surface area contributed by atoms with Gasteiger partial charge in [0.05, 0.1) is 6.61 Å².